The molecule has 0 saturated heterocycles. The fourth-order valence-electron chi connectivity index (χ4n) is 3.41. The third-order valence-electron chi connectivity index (χ3n) is 5.16. The van der Waals surface area contributed by atoms with Crippen LogP contribution in [-0.2, 0) is 29.2 Å². The lowest BCUT2D eigenvalue weighted by Gasteiger charge is -2.20. The molecule has 1 aromatic heterocycles. The van der Waals surface area contributed by atoms with E-state index in [2.05, 4.69) is 20.0 Å². The third-order valence-corrected chi connectivity index (χ3v) is 5.16. The van der Waals surface area contributed by atoms with Gasteiger partial charge in [-0.2, -0.15) is 0 Å². The Morgan fingerprint density at radius 1 is 1.03 bits per heavy atom. The summed E-state index contributed by atoms with van der Waals surface area (Å²) in [7, 11) is 1.30. The molecule has 182 valence electrons. The normalized spacial score (nSPS) is 10.7. The largest absolute Gasteiger partial charge is 0.480 e. The first kappa shape index (κ1) is 25.4. The van der Waals surface area contributed by atoms with Crippen LogP contribution in [0, 0.1) is 12.7 Å². The average molecular weight is 480 g/mol. The van der Waals surface area contributed by atoms with Crippen LogP contribution in [0.2, 0.25) is 0 Å². The van der Waals surface area contributed by atoms with E-state index in [0.29, 0.717) is 16.8 Å². The minimum atomic E-state index is -1.02. The number of aromatic nitrogens is 2. The van der Waals surface area contributed by atoms with Crippen molar-refractivity contribution in [3.63, 3.8) is 0 Å². The van der Waals surface area contributed by atoms with Crippen LogP contribution in [0.3, 0.4) is 0 Å². The number of carbonyl (C=O) groups excluding carboxylic acids is 2. The van der Waals surface area contributed by atoms with Gasteiger partial charge in [0, 0.05) is 19.6 Å². The zero-order chi connectivity index (χ0) is 25.4. The molecule has 0 bridgehead atoms. The zero-order valence-corrected chi connectivity index (χ0v) is 19.3. The molecule has 9 nitrogen and oxygen atoms in total. The van der Waals surface area contributed by atoms with Gasteiger partial charge in [-0.25, -0.2) is 19.2 Å². The number of amides is 1. The number of halogens is 1. The van der Waals surface area contributed by atoms with Crippen LogP contribution < -0.4 is 5.32 Å². The number of hydrogen-bond donors (Lipinski definition) is 2. The number of nitrogens with one attached hydrogen (secondary N) is 1. The molecule has 0 atom stereocenters. The highest BCUT2D eigenvalue weighted by Gasteiger charge is 2.15. The van der Waals surface area contributed by atoms with Crippen molar-refractivity contribution in [3.8, 4) is 0 Å². The second-order valence-electron chi connectivity index (χ2n) is 7.89. The fourth-order valence-corrected chi connectivity index (χ4v) is 3.41. The molecular weight excluding hydrogens is 455 g/mol. The summed E-state index contributed by atoms with van der Waals surface area (Å²) in [6.45, 7) is 2.03. The van der Waals surface area contributed by atoms with Crippen molar-refractivity contribution in [1.29, 1.82) is 0 Å². The first-order chi connectivity index (χ1) is 16.7. The second-order valence-corrected chi connectivity index (χ2v) is 7.89. The Kier molecular flexibility index (Phi) is 8.58. The quantitative estimate of drug-likeness (QED) is 0.425. The molecule has 1 heterocycles. The highest BCUT2D eigenvalue weighted by Crippen LogP contribution is 2.12. The van der Waals surface area contributed by atoms with Crippen molar-refractivity contribution in [1.82, 2.24) is 20.2 Å². The summed E-state index contributed by atoms with van der Waals surface area (Å²) < 4.78 is 18.1. The summed E-state index contributed by atoms with van der Waals surface area (Å²) in [5.74, 6) is -2.22. The second kappa shape index (κ2) is 11.8. The van der Waals surface area contributed by atoms with Crippen LogP contribution in [0.25, 0.3) is 0 Å². The predicted octanol–water partition coefficient (Wildman–Crippen LogP) is 2.73. The summed E-state index contributed by atoms with van der Waals surface area (Å²) in [4.78, 5) is 45.4. The van der Waals surface area contributed by atoms with E-state index in [1.54, 1.807) is 48.2 Å². The Bertz CT molecular complexity index is 1220. The molecule has 0 unspecified atom stereocenters. The van der Waals surface area contributed by atoms with Gasteiger partial charge in [-0.1, -0.05) is 24.3 Å². The van der Waals surface area contributed by atoms with E-state index < -0.39 is 17.8 Å². The van der Waals surface area contributed by atoms with E-state index in [-0.39, 0.29) is 37.7 Å². The lowest BCUT2D eigenvalue weighted by atomic mass is 10.1. The van der Waals surface area contributed by atoms with Crippen LogP contribution >= 0.6 is 0 Å². The van der Waals surface area contributed by atoms with E-state index >= 15 is 0 Å². The number of esters is 1. The number of hydrogen-bond acceptors (Lipinski definition) is 7. The van der Waals surface area contributed by atoms with Crippen LogP contribution in [0.15, 0.2) is 54.9 Å². The van der Waals surface area contributed by atoms with Gasteiger partial charge in [-0.3, -0.25) is 14.5 Å². The van der Waals surface area contributed by atoms with Crippen LogP contribution in [0.1, 0.15) is 43.2 Å². The molecule has 1 amide bonds. The Labute approximate surface area is 201 Å². The molecule has 0 saturated carbocycles. The number of benzene rings is 2. The highest BCUT2D eigenvalue weighted by molar-refractivity contribution is 5.92. The summed E-state index contributed by atoms with van der Waals surface area (Å²) in [5, 5.41) is 12.1. The first-order valence-corrected chi connectivity index (χ1v) is 10.7. The molecule has 10 heteroatoms. The fraction of sp³-hybridized carbons (Fsp3) is 0.240. The van der Waals surface area contributed by atoms with Gasteiger partial charge in [0.1, 0.15) is 17.8 Å². The van der Waals surface area contributed by atoms with Gasteiger partial charge in [-0.05, 0) is 47.9 Å². The third kappa shape index (κ3) is 7.41. The van der Waals surface area contributed by atoms with Crippen molar-refractivity contribution in [2.75, 3.05) is 13.7 Å². The zero-order valence-electron chi connectivity index (χ0n) is 19.3. The standard InChI is InChI=1S/C25H25FN4O5/c1-16-9-18(5-8-21(16)26)11-27-24(33)22-10-20(28-15-29-22)13-30(14-23(31)32)12-17-3-6-19(7-4-17)25(34)35-2/h3-10,15H,11-14H2,1-2H3,(H,27,33)(H,31,32). The predicted molar refractivity (Wildman–Crippen MR) is 124 cm³/mol. The molecule has 0 aliphatic carbocycles. The van der Waals surface area contributed by atoms with E-state index in [1.807, 2.05) is 0 Å². The van der Waals surface area contributed by atoms with E-state index in [0.717, 1.165) is 11.1 Å². The highest BCUT2D eigenvalue weighted by atomic mass is 19.1. The van der Waals surface area contributed by atoms with Crippen molar-refractivity contribution in [2.45, 2.75) is 26.6 Å². The number of nitrogens with zero attached hydrogens (tertiary/aromatic N) is 3. The molecule has 0 aliphatic heterocycles. The molecule has 35 heavy (non-hydrogen) atoms. The number of carboxylic acid groups (broad SMARTS) is 1. The maximum absolute atomic E-state index is 13.4. The van der Waals surface area contributed by atoms with Gasteiger partial charge in [0.15, 0.2) is 0 Å². The Morgan fingerprint density at radius 2 is 1.74 bits per heavy atom. The maximum Gasteiger partial charge on any atom is 0.337 e. The Hall–Kier alpha value is -4.18. The van der Waals surface area contributed by atoms with Crippen molar-refractivity contribution < 1.29 is 28.6 Å². The van der Waals surface area contributed by atoms with Crippen molar-refractivity contribution in [2.24, 2.45) is 0 Å². The van der Waals surface area contributed by atoms with Gasteiger partial charge in [-0.15, -0.1) is 0 Å². The number of aryl methyl sites for hydroxylation is 1. The molecule has 0 spiro atoms. The van der Waals surface area contributed by atoms with Gasteiger partial charge < -0.3 is 15.2 Å². The van der Waals surface area contributed by atoms with E-state index in [1.165, 1.54) is 25.6 Å². The molecule has 0 aliphatic rings. The van der Waals surface area contributed by atoms with E-state index in [4.69, 9.17) is 0 Å². The van der Waals surface area contributed by atoms with Crippen LogP contribution in [0.4, 0.5) is 4.39 Å². The minimum absolute atomic E-state index is 0.131. The SMILES string of the molecule is COC(=O)c1ccc(CN(CC(=O)O)Cc2cc(C(=O)NCc3ccc(F)c(C)c3)ncn2)cc1. The summed E-state index contributed by atoms with van der Waals surface area (Å²) >= 11 is 0. The van der Waals surface area contributed by atoms with Crippen LogP contribution in [0.5, 0.6) is 0 Å². The molecule has 3 aromatic rings. The Balaban J connectivity index is 1.67. The number of methoxy groups -OCH3 is 1. The van der Waals surface area contributed by atoms with Crippen LogP contribution in [-0.4, -0.2) is 51.5 Å². The van der Waals surface area contributed by atoms with Gasteiger partial charge in [0.2, 0.25) is 0 Å². The lowest BCUT2D eigenvalue weighted by molar-refractivity contribution is -0.138. The van der Waals surface area contributed by atoms with Crippen molar-refractivity contribution in [3.05, 3.63) is 94.3 Å². The summed E-state index contributed by atoms with van der Waals surface area (Å²) in [5.41, 5.74) is 3.02. The monoisotopic (exact) mass is 480 g/mol. The maximum atomic E-state index is 13.4. The number of rotatable bonds is 10. The van der Waals surface area contributed by atoms with Crippen molar-refractivity contribution >= 4 is 17.8 Å². The smallest absolute Gasteiger partial charge is 0.337 e. The minimum Gasteiger partial charge on any atom is -0.480 e. The molecular formula is C25H25FN4O5. The Morgan fingerprint density at radius 3 is 2.40 bits per heavy atom. The van der Waals surface area contributed by atoms with Gasteiger partial charge in [0.25, 0.3) is 5.91 Å². The topological polar surface area (TPSA) is 122 Å². The van der Waals surface area contributed by atoms with Gasteiger partial charge >= 0.3 is 11.9 Å². The molecule has 3 rings (SSSR count). The molecule has 0 radical (unpaired) electrons. The van der Waals surface area contributed by atoms with Gasteiger partial charge in [0.05, 0.1) is 24.9 Å². The number of ether oxygens (including phenoxy) is 1. The van der Waals surface area contributed by atoms with E-state index in [9.17, 15) is 23.9 Å². The first-order valence-electron chi connectivity index (χ1n) is 10.7. The molecule has 2 N–H and O–H groups in total. The lowest BCUT2D eigenvalue weighted by Crippen LogP contribution is -2.30. The number of carboxylic acids is 1. The number of carbonyl (C=O) groups is 3. The summed E-state index contributed by atoms with van der Waals surface area (Å²) in [6.07, 6.45) is 1.25. The average Bonchev–Trinajstić information content (AvgIpc) is 2.84. The molecule has 0 fully saturated rings. The molecule has 2 aromatic carbocycles. The summed E-state index contributed by atoms with van der Waals surface area (Å²) in [6, 6.07) is 12.7. The number of aliphatic carboxylic acids is 1.